The van der Waals surface area contributed by atoms with Crippen LogP contribution in [0.4, 0.5) is 4.39 Å². The Hall–Kier alpha value is -2.69. The van der Waals surface area contributed by atoms with Crippen molar-refractivity contribution in [3.05, 3.63) is 71.5 Å². The molecule has 29 heavy (non-hydrogen) atoms. The predicted octanol–water partition coefficient (Wildman–Crippen LogP) is 4.23. The van der Waals surface area contributed by atoms with Crippen molar-refractivity contribution in [1.29, 1.82) is 0 Å². The molecule has 1 N–H and O–H groups in total. The quantitative estimate of drug-likeness (QED) is 0.761. The highest BCUT2D eigenvalue weighted by Crippen LogP contribution is 2.19. The van der Waals surface area contributed by atoms with Gasteiger partial charge < -0.3 is 10.2 Å². The highest BCUT2D eigenvalue weighted by atomic mass is 19.1. The molecule has 0 radical (unpaired) electrons. The van der Waals surface area contributed by atoms with E-state index in [0.717, 1.165) is 31.2 Å². The van der Waals surface area contributed by atoms with Gasteiger partial charge in [-0.1, -0.05) is 67.8 Å². The maximum Gasteiger partial charge on any atom is 0.242 e. The van der Waals surface area contributed by atoms with Crippen LogP contribution in [0.15, 0.2) is 54.6 Å². The zero-order valence-corrected chi connectivity index (χ0v) is 16.9. The van der Waals surface area contributed by atoms with Gasteiger partial charge in [0.05, 0.1) is 6.42 Å². The second-order valence-electron chi connectivity index (χ2n) is 7.79. The molecular weight excluding hydrogens is 367 g/mol. The van der Waals surface area contributed by atoms with Gasteiger partial charge in [-0.3, -0.25) is 9.59 Å². The van der Waals surface area contributed by atoms with Gasteiger partial charge in [-0.15, -0.1) is 0 Å². The molecule has 1 saturated carbocycles. The van der Waals surface area contributed by atoms with E-state index in [2.05, 4.69) is 5.32 Å². The summed E-state index contributed by atoms with van der Waals surface area (Å²) in [7, 11) is 0. The average molecular weight is 397 g/mol. The van der Waals surface area contributed by atoms with Crippen LogP contribution in [0, 0.1) is 5.82 Å². The summed E-state index contributed by atoms with van der Waals surface area (Å²) in [5.41, 5.74) is 1.28. The van der Waals surface area contributed by atoms with E-state index in [1.807, 2.05) is 30.3 Å². The van der Waals surface area contributed by atoms with Gasteiger partial charge in [0.2, 0.25) is 11.8 Å². The summed E-state index contributed by atoms with van der Waals surface area (Å²) < 4.78 is 14.1. The minimum atomic E-state index is -0.628. The number of carbonyl (C=O) groups excluding carboxylic acids is 2. The third-order valence-corrected chi connectivity index (χ3v) is 5.61. The van der Waals surface area contributed by atoms with E-state index in [0.29, 0.717) is 12.1 Å². The van der Waals surface area contributed by atoms with Gasteiger partial charge >= 0.3 is 0 Å². The number of rotatable bonds is 7. The third-order valence-electron chi connectivity index (χ3n) is 5.61. The fraction of sp³-hybridized carbons (Fsp3) is 0.417. The Kier molecular flexibility index (Phi) is 7.39. The molecule has 154 valence electrons. The van der Waals surface area contributed by atoms with Crippen molar-refractivity contribution < 1.29 is 14.0 Å². The molecule has 0 spiro atoms. The number of nitrogens with zero attached hydrogens (tertiary/aromatic N) is 1. The number of hydrogen-bond donors (Lipinski definition) is 1. The number of carbonyl (C=O) groups is 2. The molecule has 2 aromatic carbocycles. The van der Waals surface area contributed by atoms with E-state index >= 15 is 0 Å². The molecule has 0 unspecified atom stereocenters. The van der Waals surface area contributed by atoms with Gasteiger partial charge in [-0.2, -0.15) is 0 Å². The standard InChI is InChI=1S/C24H29FN2O2/c1-18(24(29)26-21-13-6-3-7-14-21)27(17-19-10-4-2-5-11-19)23(28)16-20-12-8-9-15-22(20)25/h2,4-5,8-12,15,18,21H,3,6-7,13-14,16-17H2,1H3,(H,26,29)/t18-/m1/s1. The second kappa shape index (κ2) is 10.2. The van der Waals surface area contributed by atoms with Crippen LogP contribution in [0.5, 0.6) is 0 Å². The SMILES string of the molecule is C[C@H](C(=O)NC1CCCCC1)N(Cc1ccccc1)C(=O)Cc1ccccc1F. The predicted molar refractivity (Wildman–Crippen MR) is 112 cm³/mol. The summed E-state index contributed by atoms with van der Waals surface area (Å²) in [5.74, 6) is -0.806. The first kappa shape index (κ1) is 21.0. The maximum absolute atomic E-state index is 14.1. The van der Waals surface area contributed by atoms with E-state index < -0.39 is 11.9 Å². The zero-order valence-electron chi connectivity index (χ0n) is 16.9. The Morgan fingerprint density at radius 2 is 1.69 bits per heavy atom. The highest BCUT2D eigenvalue weighted by Gasteiger charge is 2.28. The van der Waals surface area contributed by atoms with E-state index in [1.54, 1.807) is 30.0 Å². The van der Waals surface area contributed by atoms with Crippen LogP contribution in [0.25, 0.3) is 0 Å². The average Bonchev–Trinajstić information content (AvgIpc) is 2.74. The minimum absolute atomic E-state index is 0.0689. The van der Waals surface area contributed by atoms with E-state index in [-0.39, 0.29) is 24.3 Å². The molecule has 0 aliphatic heterocycles. The zero-order chi connectivity index (χ0) is 20.6. The van der Waals surface area contributed by atoms with Crippen LogP contribution in [-0.2, 0) is 22.6 Å². The van der Waals surface area contributed by atoms with Crippen LogP contribution < -0.4 is 5.32 Å². The van der Waals surface area contributed by atoms with Crippen LogP contribution in [0.2, 0.25) is 0 Å². The van der Waals surface area contributed by atoms with Crippen LogP contribution in [0.3, 0.4) is 0 Å². The molecule has 0 heterocycles. The lowest BCUT2D eigenvalue weighted by atomic mass is 9.95. The summed E-state index contributed by atoms with van der Waals surface area (Å²) in [5, 5.41) is 3.11. The van der Waals surface area contributed by atoms with Crippen LogP contribution in [0.1, 0.15) is 50.2 Å². The number of nitrogens with one attached hydrogen (secondary N) is 1. The van der Waals surface area contributed by atoms with Gasteiger partial charge in [0, 0.05) is 12.6 Å². The monoisotopic (exact) mass is 396 g/mol. The van der Waals surface area contributed by atoms with Crippen molar-refractivity contribution in [3.8, 4) is 0 Å². The van der Waals surface area contributed by atoms with Gasteiger partial charge in [0.25, 0.3) is 0 Å². The van der Waals surface area contributed by atoms with Gasteiger partial charge in [0.15, 0.2) is 0 Å². The van der Waals surface area contributed by atoms with Crippen molar-refractivity contribution in [2.45, 2.75) is 64.1 Å². The summed E-state index contributed by atoms with van der Waals surface area (Å²) in [6, 6.07) is 15.4. The molecule has 2 aromatic rings. The molecule has 1 atom stereocenters. The van der Waals surface area contributed by atoms with Crippen LogP contribution in [-0.4, -0.2) is 28.8 Å². The summed E-state index contributed by atoms with van der Waals surface area (Å²) >= 11 is 0. The van der Waals surface area contributed by atoms with Crippen molar-refractivity contribution in [1.82, 2.24) is 10.2 Å². The Morgan fingerprint density at radius 3 is 2.38 bits per heavy atom. The Bertz CT molecular complexity index is 819. The second-order valence-corrected chi connectivity index (χ2v) is 7.79. The third kappa shape index (κ3) is 5.89. The first-order valence-corrected chi connectivity index (χ1v) is 10.4. The molecule has 1 aliphatic carbocycles. The summed E-state index contributed by atoms with van der Waals surface area (Å²) in [6.07, 6.45) is 5.36. The smallest absolute Gasteiger partial charge is 0.242 e. The fourth-order valence-electron chi connectivity index (χ4n) is 3.84. The molecule has 0 bridgehead atoms. The molecule has 1 fully saturated rings. The largest absolute Gasteiger partial charge is 0.352 e. The van der Waals surface area contributed by atoms with E-state index in [4.69, 9.17) is 0 Å². The van der Waals surface area contributed by atoms with Crippen molar-refractivity contribution in [3.63, 3.8) is 0 Å². The minimum Gasteiger partial charge on any atom is -0.352 e. The molecule has 5 heteroatoms. The Balaban J connectivity index is 1.75. The lowest BCUT2D eigenvalue weighted by Crippen LogP contribution is -2.50. The number of hydrogen-bond acceptors (Lipinski definition) is 2. The van der Waals surface area contributed by atoms with Gasteiger partial charge in [-0.05, 0) is 37.0 Å². The molecule has 4 nitrogen and oxygen atoms in total. The molecular formula is C24H29FN2O2. The van der Waals surface area contributed by atoms with Crippen molar-refractivity contribution in [2.75, 3.05) is 0 Å². The first-order chi connectivity index (χ1) is 14.0. The van der Waals surface area contributed by atoms with Crippen LogP contribution >= 0.6 is 0 Å². The van der Waals surface area contributed by atoms with Gasteiger partial charge in [-0.25, -0.2) is 4.39 Å². The summed E-state index contributed by atoms with van der Waals surface area (Å²) in [6.45, 7) is 2.06. The van der Waals surface area contributed by atoms with E-state index in [9.17, 15) is 14.0 Å². The van der Waals surface area contributed by atoms with Gasteiger partial charge in [0.1, 0.15) is 11.9 Å². The lowest BCUT2D eigenvalue weighted by Gasteiger charge is -2.31. The molecule has 0 aromatic heterocycles. The normalized spacial score (nSPS) is 15.5. The maximum atomic E-state index is 14.1. The number of benzene rings is 2. The first-order valence-electron chi connectivity index (χ1n) is 10.4. The number of halogens is 1. The summed E-state index contributed by atoms with van der Waals surface area (Å²) in [4.78, 5) is 27.5. The molecule has 2 amide bonds. The molecule has 3 rings (SSSR count). The topological polar surface area (TPSA) is 49.4 Å². The van der Waals surface area contributed by atoms with Crippen molar-refractivity contribution in [2.24, 2.45) is 0 Å². The fourth-order valence-corrected chi connectivity index (χ4v) is 3.84. The Morgan fingerprint density at radius 1 is 1.03 bits per heavy atom. The molecule has 0 saturated heterocycles. The van der Waals surface area contributed by atoms with E-state index in [1.165, 1.54) is 12.5 Å². The number of amides is 2. The lowest BCUT2D eigenvalue weighted by molar-refractivity contribution is -0.140. The molecule has 1 aliphatic rings. The highest BCUT2D eigenvalue weighted by molar-refractivity contribution is 5.88. The van der Waals surface area contributed by atoms with Crippen molar-refractivity contribution >= 4 is 11.8 Å². The Labute approximate surface area is 172 Å².